The highest BCUT2D eigenvalue weighted by atomic mass is 35.5. The van der Waals surface area contributed by atoms with Gasteiger partial charge in [0.25, 0.3) is 17.7 Å². The minimum absolute atomic E-state index is 0.0105. The lowest BCUT2D eigenvalue weighted by Gasteiger charge is -2.26. The number of ether oxygens (including phenoxy) is 1. The average molecular weight is 450 g/mol. The number of amides is 3. The Morgan fingerprint density at radius 1 is 1.10 bits per heavy atom. The van der Waals surface area contributed by atoms with Crippen LogP contribution < -0.4 is 10.6 Å². The lowest BCUT2D eigenvalue weighted by atomic mass is 10.1. The molecule has 0 saturated carbocycles. The fourth-order valence-electron chi connectivity index (χ4n) is 3.29. The second-order valence-corrected chi connectivity index (χ2v) is 8.94. The van der Waals surface area contributed by atoms with Crippen LogP contribution in [-0.4, -0.2) is 56.7 Å². The molecule has 0 aromatic heterocycles. The van der Waals surface area contributed by atoms with Gasteiger partial charge in [0, 0.05) is 18.7 Å². The van der Waals surface area contributed by atoms with Crippen molar-refractivity contribution in [2.75, 3.05) is 31.6 Å². The Hall–Kier alpha value is -2.79. The Bertz CT molecular complexity index is 1170. The number of rotatable bonds is 4. The van der Waals surface area contributed by atoms with Crippen molar-refractivity contribution in [1.29, 1.82) is 0 Å². The molecule has 2 aliphatic rings. The molecule has 0 atom stereocenters. The van der Waals surface area contributed by atoms with Gasteiger partial charge in [-0.15, -0.1) is 0 Å². The van der Waals surface area contributed by atoms with E-state index in [1.807, 2.05) is 0 Å². The zero-order valence-electron chi connectivity index (χ0n) is 15.5. The summed E-state index contributed by atoms with van der Waals surface area (Å²) in [6.07, 6.45) is 0. The van der Waals surface area contributed by atoms with E-state index in [9.17, 15) is 22.8 Å². The van der Waals surface area contributed by atoms with E-state index >= 15 is 0 Å². The van der Waals surface area contributed by atoms with Crippen LogP contribution in [0, 0.1) is 0 Å². The number of benzene rings is 2. The van der Waals surface area contributed by atoms with Crippen LogP contribution in [0.15, 0.2) is 41.3 Å². The molecule has 3 amide bonds. The van der Waals surface area contributed by atoms with Crippen LogP contribution in [0.2, 0.25) is 5.02 Å². The number of morpholine rings is 1. The van der Waals surface area contributed by atoms with E-state index < -0.39 is 27.7 Å². The Labute approximate surface area is 177 Å². The fraction of sp³-hybridized carbons (Fsp3) is 0.211. The van der Waals surface area contributed by atoms with Crippen molar-refractivity contribution in [3.63, 3.8) is 0 Å². The van der Waals surface area contributed by atoms with Crippen LogP contribution in [0.1, 0.15) is 31.1 Å². The van der Waals surface area contributed by atoms with E-state index in [4.69, 9.17) is 16.3 Å². The number of anilines is 1. The molecule has 2 N–H and O–H groups in total. The first-order valence-corrected chi connectivity index (χ1v) is 10.8. The largest absolute Gasteiger partial charge is 0.379 e. The molecule has 1 fully saturated rings. The predicted molar refractivity (Wildman–Crippen MR) is 107 cm³/mol. The molecule has 4 rings (SSSR count). The number of hydrogen-bond acceptors (Lipinski definition) is 6. The Morgan fingerprint density at radius 2 is 1.83 bits per heavy atom. The summed E-state index contributed by atoms with van der Waals surface area (Å²) in [7, 11) is -3.91. The maximum absolute atomic E-state index is 12.9. The van der Waals surface area contributed by atoms with Gasteiger partial charge in [-0.25, -0.2) is 8.42 Å². The van der Waals surface area contributed by atoms with Gasteiger partial charge in [0.2, 0.25) is 10.0 Å². The van der Waals surface area contributed by atoms with Gasteiger partial charge in [-0.1, -0.05) is 17.7 Å². The standard InChI is InChI=1S/C19H16ClN3O6S/c20-13-5-4-11(10-15(13)30(27,28)23-6-8-29-9-7-23)17(24)21-14-3-1-2-12-16(14)19(26)22-18(12)25/h1-5,10H,6-9H2,(H,21,24)(H,22,25,26). The number of carbonyl (C=O) groups is 3. The zero-order valence-corrected chi connectivity index (χ0v) is 17.0. The molecule has 11 heteroatoms. The lowest BCUT2D eigenvalue weighted by molar-refractivity contribution is 0.0730. The summed E-state index contributed by atoms with van der Waals surface area (Å²) in [5.74, 6) is -1.81. The highest BCUT2D eigenvalue weighted by molar-refractivity contribution is 7.89. The predicted octanol–water partition coefficient (Wildman–Crippen LogP) is 1.50. The molecular weight excluding hydrogens is 434 g/mol. The first kappa shape index (κ1) is 20.5. The molecule has 30 heavy (non-hydrogen) atoms. The fourth-order valence-corrected chi connectivity index (χ4v) is 5.19. The third kappa shape index (κ3) is 3.58. The van der Waals surface area contributed by atoms with Gasteiger partial charge in [0.15, 0.2) is 0 Å². The van der Waals surface area contributed by atoms with Crippen molar-refractivity contribution in [1.82, 2.24) is 9.62 Å². The molecule has 0 bridgehead atoms. The molecule has 2 heterocycles. The Morgan fingerprint density at radius 3 is 2.57 bits per heavy atom. The van der Waals surface area contributed by atoms with Crippen LogP contribution in [0.4, 0.5) is 5.69 Å². The van der Waals surface area contributed by atoms with Crippen molar-refractivity contribution >= 4 is 45.0 Å². The van der Waals surface area contributed by atoms with Gasteiger partial charge >= 0.3 is 0 Å². The van der Waals surface area contributed by atoms with Gasteiger partial charge in [-0.05, 0) is 30.3 Å². The monoisotopic (exact) mass is 449 g/mol. The van der Waals surface area contributed by atoms with E-state index in [0.29, 0.717) is 0 Å². The molecule has 2 aromatic rings. The van der Waals surface area contributed by atoms with E-state index in [1.54, 1.807) is 0 Å². The highest BCUT2D eigenvalue weighted by Gasteiger charge is 2.31. The summed E-state index contributed by atoms with van der Waals surface area (Å²) in [5, 5.41) is 4.72. The van der Waals surface area contributed by atoms with Crippen LogP contribution >= 0.6 is 11.6 Å². The van der Waals surface area contributed by atoms with Crippen LogP contribution in [0.3, 0.4) is 0 Å². The molecule has 2 aliphatic heterocycles. The van der Waals surface area contributed by atoms with Crippen molar-refractivity contribution in [3.8, 4) is 0 Å². The Balaban J connectivity index is 1.65. The topological polar surface area (TPSA) is 122 Å². The van der Waals surface area contributed by atoms with E-state index in [1.165, 1.54) is 40.7 Å². The first-order chi connectivity index (χ1) is 14.3. The van der Waals surface area contributed by atoms with Gasteiger partial charge in [-0.2, -0.15) is 4.31 Å². The van der Waals surface area contributed by atoms with Gasteiger partial charge < -0.3 is 10.1 Å². The number of nitrogens with one attached hydrogen (secondary N) is 2. The minimum Gasteiger partial charge on any atom is -0.379 e. The average Bonchev–Trinajstić information content (AvgIpc) is 3.03. The van der Waals surface area contributed by atoms with Crippen molar-refractivity contribution in [2.45, 2.75) is 4.90 Å². The molecule has 0 unspecified atom stereocenters. The summed E-state index contributed by atoms with van der Waals surface area (Å²) in [6.45, 7) is 0.927. The number of hydrogen-bond donors (Lipinski definition) is 2. The second-order valence-electron chi connectivity index (χ2n) is 6.63. The van der Waals surface area contributed by atoms with E-state index in [0.717, 1.165) is 0 Å². The van der Waals surface area contributed by atoms with E-state index in [2.05, 4.69) is 10.6 Å². The minimum atomic E-state index is -3.91. The molecule has 0 radical (unpaired) electrons. The molecular formula is C19H16ClN3O6S. The lowest BCUT2D eigenvalue weighted by Crippen LogP contribution is -2.40. The van der Waals surface area contributed by atoms with Gasteiger partial charge in [0.05, 0.1) is 35.1 Å². The maximum Gasteiger partial charge on any atom is 0.261 e. The summed E-state index contributed by atoms with van der Waals surface area (Å²) < 4.78 is 32.3. The van der Waals surface area contributed by atoms with Crippen molar-refractivity contribution in [2.24, 2.45) is 0 Å². The zero-order chi connectivity index (χ0) is 21.5. The number of sulfonamides is 1. The van der Waals surface area contributed by atoms with Gasteiger partial charge in [0.1, 0.15) is 4.90 Å². The Kier molecular flexibility index (Phi) is 5.33. The van der Waals surface area contributed by atoms with Crippen molar-refractivity contribution in [3.05, 3.63) is 58.1 Å². The number of carbonyl (C=O) groups excluding carboxylic acids is 3. The molecule has 1 saturated heterocycles. The smallest absolute Gasteiger partial charge is 0.261 e. The molecule has 156 valence electrons. The number of nitrogens with zero attached hydrogens (tertiary/aromatic N) is 1. The van der Waals surface area contributed by atoms with Crippen LogP contribution in [0.5, 0.6) is 0 Å². The summed E-state index contributed by atoms with van der Waals surface area (Å²) in [4.78, 5) is 36.4. The first-order valence-electron chi connectivity index (χ1n) is 8.96. The third-order valence-corrected chi connectivity index (χ3v) is 7.17. The highest BCUT2D eigenvalue weighted by Crippen LogP contribution is 2.28. The molecule has 9 nitrogen and oxygen atoms in total. The summed E-state index contributed by atoms with van der Waals surface area (Å²) in [6, 6.07) is 8.39. The number of imide groups is 1. The molecule has 0 spiro atoms. The maximum atomic E-state index is 12.9. The number of fused-ring (bicyclic) bond motifs is 1. The summed E-state index contributed by atoms with van der Waals surface area (Å²) in [5.41, 5.74) is 0.400. The SMILES string of the molecule is O=C(Nc1cccc2c1C(=O)NC2=O)c1ccc(Cl)c(S(=O)(=O)N2CCOCC2)c1. The van der Waals surface area contributed by atoms with Crippen molar-refractivity contribution < 1.29 is 27.5 Å². The quantitative estimate of drug-likeness (QED) is 0.682. The van der Waals surface area contributed by atoms with Gasteiger partial charge in [-0.3, -0.25) is 19.7 Å². The van der Waals surface area contributed by atoms with E-state index in [-0.39, 0.29) is 58.6 Å². The third-order valence-electron chi connectivity index (χ3n) is 4.79. The molecule has 0 aliphatic carbocycles. The normalized spacial score (nSPS) is 16.8. The molecule has 2 aromatic carbocycles. The number of halogens is 1. The van der Waals surface area contributed by atoms with Crippen LogP contribution in [0.25, 0.3) is 0 Å². The summed E-state index contributed by atoms with van der Waals surface area (Å²) >= 11 is 6.12. The van der Waals surface area contributed by atoms with Crippen LogP contribution in [-0.2, 0) is 14.8 Å². The second kappa shape index (κ2) is 7.80.